The number of amides is 1. The lowest BCUT2D eigenvalue weighted by molar-refractivity contribution is 0.0979. The Labute approximate surface area is 129 Å². The van der Waals surface area contributed by atoms with Crippen LogP contribution in [0.1, 0.15) is 34.1 Å². The number of rotatable bonds is 1. The number of aromatic nitrogens is 1. The second-order valence-corrected chi connectivity index (χ2v) is 6.19. The van der Waals surface area contributed by atoms with E-state index in [1.807, 2.05) is 38.1 Å². The van der Waals surface area contributed by atoms with E-state index in [2.05, 4.69) is 18.0 Å². The normalized spacial score (nSPS) is 17.2. The number of hydrogen-bond acceptors (Lipinski definition) is 2. The number of nitrogens with one attached hydrogen (secondary N) is 1. The Morgan fingerprint density at radius 3 is 2.73 bits per heavy atom. The van der Waals surface area contributed by atoms with Gasteiger partial charge in [0.2, 0.25) is 0 Å². The highest BCUT2D eigenvalue weighted by atomic mass is 16.2. The summed E-state index contributed by atoms with van der Waals surface area (Å²) in [5.74, 6) is 0.168. The van der Waals surface area contributed by atoms with Crippen LogP contribution in [0.4, 0.5) is 5.69 Å². The quantitative estimate of drug-likeness (QED) is 0.879. The number of fused-ring (bicyclic) bond motifs is 1. The zero-order chi connectivity index (χ0) is 15.9. The average molecular weight is 296 g/mol. The Bertz CT molecular complexity index is 792. The van der Waals surface area contributed by atoms with E-state index in [1.165, 1.54) is 0 Å². The zero-order valence-electron chi connectivity index (χ0n) is 13.1. The lowest BCUT2D eigenvalue weighted by atomic mass is 9.93. The summed E-state index contributed by atoms with van der Waals surface area (Å²) in [6.07, 6.45) is 0.961. The highest BCUT2D eigenvalue weighted by molar-refractivity contribution is 6.07. The predicted octanol–water partition coefficient (Wildman–Crippen LogP) is 2.83. The summed E-state index contributed by atoms with van der Waals surface area (Å²) in [5, 5.41) is 0. The molecule has 0 spiro atoms. The molecule has 1 aliphatic heterocycles. The van der Waals surface area contributed by atoms with Crippen molar-refractivity contribution in [1.82, 2.24) is 4.98 Å². The minimum Gasteiger partial charge on any atom is -0.326 e. The van der Waals surface area contributed by atoms with Gasteiger partial charge >= 0.3 is 0 Å². The molecular formula is C18H20N2O2. The van der Waals surface area contributed by atoms with Crippen molar-refractivity contribution >= 4 is 11.6 Å². The van der Waals surface area contributed by atoms with Crippen LogP contribution in [0, 0.1) is 19.8 Å². The maximum Gasteiger partial charge on any atom is 0.264 e. The average Bonchev–Trinajstić information content (AvgIpc) is 2.45. The second kappa shape index (κ2) is 5.44. The van der Waals surface area contributed by atoms with Crippen molar-refractivity contribution in [3.63, 3.8) is 0 Å². The summed E-state index contributed by atoms with van der Waals surface area (Å²) in [4.78, 5) is 29.7. The molecule has 0 saturated heterocycles. The van der Waals surface area contributed by atoms with Crippen molar-refractivity contribution in [1.29, 1.82) is 0 Å². The number of carbonyl (C=O) groups excluding carboxylic acids is 1. The van der Waals surface area contributed by atoms with Gasteiger partial charge in [0, 0.05) is 17.9 Å². The van der Waals surface area contributed by atoms with E-state index in [1.54, 1.807) is 4.90 Å². The third kappa shape index (κ3) is 2.45. The van der Waals surface area contributed by atoms with E-state index in [0.29, 0.717) is 12.5 Å². The van der Waals surface area contributed by atoms with Crippen LogP contribution in [0.3, 0.4) is 0 Å². The highest BCUT2D eigenvalue weighted by Gasteiger charge is 2.29. The Kier molecular flexibility index (Phi) is 3.61. The van der Waals surface area contributed by atoms with E-state index in [0.717, 1.165) is 28.9 Å². The molecule has 0 bridgehead atoms. The van der Waals surface area contributed by atoms with Gasteiger partial charge in [-0.25, -0.2) is 0 Å². The number of pyridine rings is 1. The summed E-state index contributed by atoms with van der Waals surface area (Å²) >= 11 is 0. The topological polar surface area (TPSA) is 53.2 Å². The van der Waals surface area contributed by atoms with E-state index in [9.17, 15) is 9.59 Å². The number of aryl methyl sites for hydroxylation is 2. The van der Waals surface area contributed by atoms with Gasteiger partial charge in [0.15, 0.2) is 0 Å². The molecule has 1 aromatic carbocycles. The van der Waals surface area contributed by atoms with Gasteiger partial charge in [0.05, 0.1) is 0 Å². The van der Waals surface area contributed by atoms with Gasteiger partial charge in [-0.1, -0.05) is 25.1 Å². The van der Waals surface area contributed by atoms with Crippen molar-refractivity contribution in [2.45, 2.75) is 27.2 Å². The standard InChI is InChI=1S/C18H20N2O2/c1-11-8-14-6-4-5-7-15(14)20(10-11)18(22)16-12(2)9-13(3)19-17(16)21/h4-7,9,11H,8,10H2,1-3H3,(H,19,21). The third-order valence-electron chi connectivity index (χ3n) is 4.17. The van der Waals surface area contributed by atoms with Crippen LogP contribution in [0.15, 0.2) is 35.1 Å². The van der Waals surface area contributed by atoms with Gasteiger partial charge < -0.3 is 9.88 Å². The Morgan fingerprint density at radius 2 is 2.00 bits per heavy atom. The van der Waals surface area contributed by atoms with Gasteiger partial charge in [0.25, 0.3) is 11.5 Å². The Hall–Kier alpha value is -2.36. The molecule has 1 amide bonds. The smallest absolute Gasteiger partial charge is 0.264 e. The molecule has 2 heterocycles. The van der Waals surface area contributed by atoms with Crippen LogP contribution < -0.4 is 10.5 Å². The number of aromatic amines is 1. The molecule has 1 N–H and O–H groups in total. The van der Waals surface area contributed by atoms with Gasteiger partial charge in [0.1, 0.15) is 5.56 Å². The van der Waals surface area contributed by atoms with E-state index >= 15 is 0 Å². The van der Waals surface area contributed by atoms with E-state index in [4.69, 9.17) is 0 Å². The van der Waals surface area contributed by atoms with Crippen LogP contribution in [-0.2, 0) is 6.42 Å². The first-order valence-corrected chi connectivity index (χ1v) is 7.57. The number of H-pyrrole nitrogens is 1. The van der Waals surface area contributed by atoms with Crippen molar-refractivity contribution in [3.05, 3.63) is 63.1 Å². The monoisotopic (exact) mass is 296 g/mol. The molecule has 0 aliphatic carbocycles. The predicted molar refractivity (Wildman–Crippen MR) is 87.5 cm³/mol. The van der Waals surface area contributed by atoms with Gasteiger partial charge in [-0.3, -0.25) is 9.59 Å². The lowest BCUT2D eigenvalue weighted by Crippen LogP contribution is -2.41. The molecule has 1 aromatic heterocycles. The molecular weight excluding hydrogens is 276 g/mol. The molecule has 1 aliphatic rings. The minimum absolute atomic E-state index is 0.210. The van der Waals surface area contributed by atoms with Gasteiger partial charge in [-0.2, -0.15) is 0 Å². The third-order valence-corrected chi connectivity index (χ3v) is 4.17. The van der Waals surface area contributed by atoms with E-state index in [-0.39, 0.29) is 17.0 Å². The number of carbonyl (C=O) groups is 1. The zero-order valence-corrected chi connectivity index (χ0v) is 13.1. The van der Waals surface area contributed by atoms with Crippen molar-refractivity contribution in [3.8, 4) is 0 Å². The van der Waals surface area contributed by atoms with E-state index < -0.39 is 0 Å². The SMILES string of the molecule is Cc1cc(C)c(C(=O)N2CC(C)Cc3ccccc32)c(=O)[nH]1. The molecule has 1 atom stereocenters. The maximum absolute atomic E-state index is 13.0. The highest BCUT2D eigenvalue weighted by Crippen LogP contribution is 2.30. The maximum atomic E-state index is 13.0. The van der Waals surface area contributed by atoms with Crippen LogP contribution in [0.5, 0.6) is 0 Å². The second-order valence-electron chi connectivity index (χ2n) is 6.19. The number of nitrogens with zero attached hydrogens (tertiary/aromatic N) is 1. The molecule has 0 saturated carbocycles. The lowest BCUT2D eigenvalue weighted by Gasteiger charge is -2.33. The molecule has 114 valence electrons. The fraction of sp³-hybridized carbons (Fsp3) is 0.333. The Balaban J connectivity index is 2.09. The number of para-hydroxylation sites is 1. The van der Waals surface area contributed by atoms with Crippen molar-refractivity contribution in [2.24, 2.45) is 5.92 Å². The molecule has 22 heavy (non-hydrogen) atoms. The molecule has 4 nitrogen and oxygen atoms in total. The summed E-state index contributed by atoms with van der Waals surface area (Å²) < 4.78 is 0. The van der Waals surface area contributed by atoms with Crippen LogP contribution in [0.2, 0.25) is 0 Å². The van der Waals surface area contributed by atoms with Gasteiger partial charge in [-0.05, 0) is 49.4 Å². The number of benzene rings is 1. The fourth-order valence-electron chi connectivity index (χ4n) is 3.24. The number of anilines is 1. The molecule has 0 fully saturated rings. The van der Waals surface area contributed by atoms with Crippen molar-refractivity contribution < 1.29 is 4.79 Å². The van der Waals surface area contributed by atoms with Gasteiger partial charge in [-0.15, -0.1) is 0 Å². The molecule has 2 aromatic rings. The number of hydrogen-bond donors (Lipinski definition) is 1. The first-order valence-electron chi connectivity index (χ1n) is 7.57. The summed E-state index contributed by atoms with van der Waals surface area (Å²) in [6, 6.07) is 9.77. The first kappa shape index (κ1) is 14.6. The summed E-state index contributed by atoms with van der Waals surface area (Å²) in [5.41, 5.74) is 3.52. The van der Waals surface area contributed by atoms with Crippen molar-refractivity contribution in [2.75, 3.05) is 11.4 Å². The fourth-order valence-corrected chi connectivity index (χ4v) is 3.24. The molecule has 3 rings (SSSR count). The summed E-state index contributed by atoms with van der Waals surface area (Å²) in [7, 11) is 0. The largest absolute Gasteiger partial charge is 0.326 e. The molecule has 0 radical (unpaired) electrons. The molecule has 4 heteroatoms. The first-order chi connectivity index (χ1) is 10.5. The summed E-state index contributed by atoms with van der Waals surface area (Å²) in [6.45, 7) is 6.40. The van der Waals surface area contributed by atoms with Crippen LogP contribution in [0.25, 0.3) is 0 Å². The minimum atomic E-state index is -0.307. The van der Waals surface area contributed by atoms with Crippen LogP contribution in [-0.4, -0.2) is 17.4 Å². The molecule has 1 unspecified atom stereocenters. The van der Waals surface area contributed by atoms with Crippen LogP contribution >= 0.6 is 0 Å². The Morgan fingerprint density at radius 1 is 1.27 bits per heavy atom.